The number of carbonyl (C=O) groups is 4. The predicted octanol–water partition coefficient (Wildman–Crippen LogP) is 6.88. The van der Waals surface area contributed by atoms with Crippen molar-refractivity contribution in [2.75, 3.05) is 6.61 Å². The second kappa shape index (κ2) is 13.4. The minimum absolute atomic E-state index is 0.114. The van der Waals surface area contributed by atoms with Crippen molar-refractivity contribution >= 4 is 23.9 Å². The molecule has 4 N–H and O–H groups in total. The van der Waals surface area contributed by atoms with Crippen LogP contribution >= 0.6 is 0 Å². The predicted molar refractivity (Wildman–Crippen MR) is 190 cm³/mol. The van der Waals surface area contributed by atoms with Gasteiger partial charge in [-0.2, -0.15) is 0 Å². The zero-order chi connectivity index (χ0) is 38.8. The summed E-state index contributed by atoms with van der Waals surface area (Å²) in [6, 6.07) is 0. The van der Waals surface area contributed by atoms with Crippen LogP contribution in [0.15, 0.2) is 12.7 Å². The van der Waals surface area contributed by atoms with Crippen LogP contribution in [0.2, 0.25) is 0 Å². The van der Waals surface area contributed by atoms with E-state index in [-0.39, 0.29) is 37.2 Å². The third-order valence-electron chi connectivity index (χ3n) is 14.7. The summed E-state index contributed by atoms with van der Waals surface area (Å²) >= 11 is 0. The quantitative estimate of drug-likeness (QED) is 0.122. The van der Waals surface area contributed by atoms with Crippen LogP contribution in [0, 0.1) is 45.3 Å². The molecule has 2 aliphatic carbocycles. The Morgan fingerprint density at radius 3 is 1.65 bits per heavy atom. The molecule has 11 nitrogen and oxygen atoms in total. The van der Waals surface area contributed by atoms with Gasteiger partial charge in [0, 0.05) is 0 Å². The average Bonchev–Trinajstić information content (AvgIpc) is 2.97. The lowest BCUT2D eigenvalue weighted by atomic mass is 9.47. The second-order valence-corrected chi connectivity index (χ2v) is 19.0. The monoisotopic (exact) mass is 720 g/mol. The Kier molecular flexibility index (Phi) is 10.9. The molecule has 4 rings (SSSR count). The van der Waals surface area contributed by atoms with E-state index in [4.69, 9.17) is 14.2 Å². The molecule has 11 heteroatoms. The Hall–Kier alpha value is -2.50. The van der Waals surface area contributed by atoms with Crippen LogP contribution in [0.4, 0.5) is 0 Å². The Balaban J connectivity index is 1.52. The van der Waals surface area contributed by atoms with Gasteiger partial charge < -0.3 is 34.6 Å². The molecule has 290 valence electrons. The van der Waals surface area contributed by atoms with Crippen molar-refractivity contribution in [1.29, 1.82) is 0 Å². The summed E-state index contributed by atoms with van der Waals surface area (Å²) in [6.45, 7) is 22.2. The topological polar surface area (TPSA) is 177 Å². The molecule has 0 aromatic heterocycles. The van der Waals surface area contributed by atoms with Crippen LogP contribution in [0.1, 0.15) is 133 Å². The molecule has 11 atom stereocenters. The van der Waals surface area contributed by atoms with Crippen LogP contribution in [0.5, 0.6) is 0 Å². The maximum absolute atomic E-state index is 14.0. The van der Waals surface area contributed by atoms with Crippen molar-refractivity contribution in [2.24, 2.45) is 45.3 Å². The third kappa shape index (κ3) is 7.12. The highest BCUT2D eigenvalue weighted by atomic mass is 16.6. The molecule has 2 aliphatic heterocycles. The summed E-state index contributed by atoms with van der Waals surface area (Å²) in [4.78, 5) is 50.9. The van der Waals surface area contributed by atoms with Crippen LogP contribution in [-0.4, -0.2) is 79.4 Å². The van der Waals surface area contributed by atoms with E-state index in [1.165, 1.54) is 0 Å². The summed E-state index contributed by atoms with van der Waals surface area (Å²) < 4.78 is 19.3. The lowest BCUT2D eigenvalue weighted by Crippen LogP contribution is -2.65. The van der Waals surface area contributed by atoms with Gasteiger partial charge in [0.05, 0.1) is 46.1 Å². The van der Waals surface area contributed by atoms with Gasteiger partial charge in [0.15, 0.2) is 0 Å². The third-order valence-corrected chi connectivity index (χ3v) is 14.7. The molecule has 0 aromatic carbocycles. The van der Waals surface area contributed by atoms with Crippen molar-refractivity contribution < 1.29 is 53.8 Å². The zero-order valence-electron chi connectivity index (χ0n) is 32.6. The number of aliphatic hydroxyl groups is 1. The van der Waals surface area contributed by atoms with Gasteiger partial charge in [-0.3, -0.25) is 19.2 Å². The normalized spacial score (nSPS) is 42.1. The number of hydrogen-bond donors (Lipinski definition) is 4. The lowest BCUT2D eigenvalue weighted by molar-refractivity contribution is -0.284. The standard InChI is InChI=1S/C40H64O11/c1-12-35(6)17-13-26-37(8,22-30(44)45)25(15-18-38(26,9)50-35)34(4,5)32(48)49-23-28(41)40(11)20-16-27-36(7,21-29(42)43)24(33(2,3)31(46)47)14-19-39(27,10)51-40/h12,24-28,41H,1,13-23H2,2-11H3,(H,42,43)(H,44,45)(H,46,47). The van der Waals surface area contributed by atoms with Crippen LogP contribution < -0.4 is 0 Å². The minimum atomic E-state index is -1.20. The van der Waals surface area contributed by atoms with Crippen molar-refractivity contribution in [3.8, 4) is 0 Å². The number of rotatable bonds is 12. The van der Waals surface area contributed by atoms with E-state index in [9.17, 15) is 39.6 Å². The van der Waals surface area contributed by atoms with E-state index in [0.717, 1.165) is 6.42 Å². The van der Waals surface area contributed by atoms with Crippen LogP contribution in [0.25, 0.3) is 0 Å². The van der Waals surface area contributed by atoms with E-state index in [2.05, 4.69) is 13.5 Å². The number of ether oxygens (including phenoxy) is 3. The summed E-state index contributed by atoms with van der Waals surface area (Å²) in [5.41, 5.74) is -6.94. The second-order valence-electron chi connectivity index (χ2n) is 19.0. The van der Waals surface area contributed by atoms with Gasteiger partial charge in [-0.15, -0.1) is 6.58 Å². The highest BCUT2D eigenvalue weighted by molar-refractivity contribution is 5.77. The number of aliphatic hydroxyl groups excluding tert-OH is 1. The molecule has 0 spiro atoms. The molecular weight excluding hydrogens is 656 g/mol. The molecule has 2 saturated heterocycles. The van der Waals surface area contributed by atoms with E-state index in [0.29, 0.717) is 44.9 Å². The van der Waals surface area contributed by atoms with Gasteiger partial charge in [-0.05, 0) is 141 Å². The molecule has 0 radical (unpaired) electrons. The summed E-state index contributed by atoms with van der Waals surface area (Å²) in [5, 5.41) is 41.8. The first kappa shape index (κ1) is 41.3. The van der Waals surface area contributed by atoms with Crippen molar-refractivity contribution in [3.63, 3.8) is 0 Å². The number of hydrogen-bond acceptors (Lipinski definition) is 8. The van der Waals surface area contributed by atoms with Crippen molar-refractivity contribution in [1.82, 2.24) is 0 Å². The molecule has 51 heavy (non-hydrogen) atoms. The molecule has 0 amide bonds. The first-order valence-corrected chi connectivity index (χ1v) is 18.7. The molecule has 2 heterocycles. The number of aliphatic carboxylic acids is 3. The average molecular weight is 721 g/mol. The van der Waals surface area contributed by atoms with Gasteiger partial charge in [-0.25, -0.2) is 0 Å². The summed E-state index contributed by atoms with van der Waals surface area (Å²) in [6.07, 6.45) is 4.73. The van der Waals surface area contributed by atoms with Gasteiger partial charge in [-0.1, -0.05) is 19.9 Å². The molecule has 0 bridgehead atoms. The Labute approximate surface area is 303 Å². The first-order chi connectivity index (χ1) is 23.2. The Morgan fingerprint density at radius 1 is 0.745 bits per heavy atom. The highest BCUT2D eigenvalue weighted by Crippen LogP contribution is 2.64. The number of carboxylic acids is 3. The van der Waals surface area contributed by atoms with E-state index >= 15 is 0 Å². The minimum Gasteiger partial charge on any atom is -0.481 e. The summed E-state index contributed by atoms with van der Waals surface area (Å²) in [5.74, 6) is -4.56. The number of carboxylic acid groups (broad SMARTS) is 3. The van der Waals surface area contributed by atoms with Gasteiger partial charge >= 0.3 is 23.9 Å². The largest absolute Gasteiger partial charge is 0.481 e. The maximum Gasteiger partial charge on any atom is 0.311 e. The maximum atomic E-state index is 14.0. The number of esters is 1. The van der Waals surface area contributed by atoms with E-state index in [1.807, 2.05) is 33.8 Å². The smallest absolute Gasteiger partial charge is 0.311 e. The van der Waals surface area contributed by atoms with E-state index < -0.39 is 80.0 Å². The Bertz CT molecular complexity index is 1410. The molecule has 4 fully saturated rings. The zero-order valence-corrected chi connectivity index (χ0v) is 32.6. The fraction of sp³-hybridized carbons (Fsp3) is 0.850. The highest BCUT2D eigenvalue weighted by Gasteiger charge is 2.65. The van der Waals surface area contributed by atoms with Gasteiger partial charge in [0.25, 0.3) is 0 Å². The number of carbonyl (C=O) groups excluding carboxylic acids is 1. The fourth-order valence-electron chi connectivity index (χ4n) is 12.0. The number of fused-ring (bicyclic) bond motifs is 2. The molecule has 11 unspecified atom stereocenters. The Morgan fingerprint density at radius 2 is 1.20 bits per heavy atom. The van der Waals surface area contributed by atoms with Crippen molar-refractivity contribution in [2.45, 2.75) is 162 Å². The SMILES string of the molecule is C=CC1(C)CCC2C(C)(CCC(C(C)(C)C(=O)OCC(O)C3(C)CCC4C(C)(CCC(C(C)(C)C(=O)O)C4(C)CC(=O)O)O3)C2(C)CC(=O)O)O1. The molecule has 2 saturated carbocycles. The van der Waals surface area contributed by atoms with Crippen LogP contribution in [0.3, 0.4) is 0 Å². The first-order valence-electron chi connectivity index (χ1n) is 18.7. The van der Waals surface area contributed by atoms with Gasteiger partial charge in [0.1, 0.15) is 12.7 Å². The van der Waals surface area contributed by atoms with Crippen LogP contribution in [-0.2, 0) is 33.4 Å². The summed E-state index contributed by atoms with van der Waals surface area (Å²) in [7, 11) is 0. The lowest BCUT2D eigenvalue weighted by Gasteiger charge is -2.63. The van der Waals surface area contributed by atoms with Crippen molar-refractivity contribution in [3.05, 3.63) is 12.7 Å². The van der Waals surface area contributed by atoms with Gasteiger partial charge in [0.2, 0.25) is 0 Å². The molecule has 4 aliphatic rings. The molecular formula is C40H64O11. The fourth-order valence-corrected chi connectivity index (χ4v) is 12.0. The van der Waals surface area contributed by atoms with E-state index in [1.54, 1.807) is 34.6 Å². The molecule has 0 aromatic rings.